The number of hydrogen-bond acceptors (Lipinski definition) is 3. The average Bonchev–Trinajstić information content (AvgIpc) is 2.47. The zero-order valence-corrected chi connectivity index (χ0v) is 13.4. The van der Waals surface area contributed by atoms with Crippen LogP contribution in [0.15, 0.2) is 16.6 Å². The number of anilines is 1. The lowest BCUT2D eigenvalue weighted by Crippen LogP contribution is -2.42. The van der Waals surface area contributed by atoms with Crippen molar-refractivity contribution < 1.29 is 18.3 Å². The molecule has 0 aliphatic carbocycles. The monoisotopic (exact) mass is 361 g/mol. The second kappa shape index (κ2) is 7.31. The molecule has 1 saturated heterocycles. The van der Waals surface area contributed by atoms with E-state index in [1.165, 1.54) is 0 Å². The molecule has 0 N–H and O–H groups in total. The van der Waals surface area contributed by atoms with Crippen LogP contribution in [-0.2, 0) is 4.74 Å². The van der Waals surface area contributed by atoms with Crippen LogP contribution in [-0.4, -0.2) is 38.5 Å². The Morgan fingerprint density at radius 2 is 2.10 bits per heavy atom. The summed E-state index contributed by atoms with van der Waals surface area (Å²) in [6.07, 6.45) is -0.232. The maximum atomic E-state index is 13.0. The third kappa shape index (κ3) is 4.01. The van der Waals surface area contributed by atoms with Crippen molar-refractivity contribution in [1.82, 2.24) is 0 Å². The molecular weight excluding hydrogens is 344 g/mol. The first kappa shape index (κ1) is 16.4. The van der Waals surface area contributed by atoms with Crippen LogP contribution < -0.4 is 4.90 Å². The number of hydrogen-bond donors (Lipinski definition) is 0. The van der Waals surface area contributed by atoms with E-state index in [0.29, 0.717) is 24.5 Å². The van der Waals surface area contributed by atoms with Gasteiger partial charge in [-0.15, -0.1) is 0 Å². The Balaban J connectivity index is 2.39. The van der Waals surface area contributed by atoms with E-state index >= 15 is 0 Å². The first-order chi connectivity index (χ1) is 10.0. The fraction of sp³-hybridized carbons (Fsp3) is 0.533. The van der Waals surface area contributed by atoms with Crippen LogP contribution in [0.25, 0.3) is 0 Å². The van der Waals surface area contributed by atoms with E-state index in [0.717, 1.165) is 29.2 Å². The lowest BCUT2D eigenvalue weighted by Gasteiger charge is -2.37. The Morgan fingerprint density at radius 3 is 2.67 bits per heavy atom. The Kier molecular flexibility index (Phi) is 5.70. The Bertz CT molecular complexity index is 505. The molecule has 1 aromatic carbocycles. The number of carbonyl (C=O) groups excluding carboxylic acids is 1. The van der Waals surface area contributed by atoms with Gasteiger partial charge in [0.15, 0.2) is 0 Å². The number of nitrogens with zero attached hydrogens (tertiary/aromatic N) is 1. The topological polar surface area (TPSA) is 29.5 Å². The molecule has 2 rings (SSSR count). The maximum Gasteiger partial charge on any atom is 0.255 e. The van der Waals surface area contributed by atoms with Gasteiger partial charge in [0.2, 0.25) is 0 Å². The van der Waals surface area contributed by atoms with Crippen molar-refractivity contribution in [2.75, 3.05) is 24.7 Å². The molecule has 21 heavy (non-hydrogen) atoms. The summed E-state index contributed by atoms with van der Waals surface area (Å²) in [4.78, 5) is 12.9. The highest BCUT2D eigenvalue weighted by molar-refractivity contribution is 9.10. The summed E-state index contributed by atoms with van der Waals surface area (Å²) in [6.45, 7) is 2.62. The summed E-state index contributed by atoms with van der Waals surface area (Å²) < 4.78 is 32.0. The molecule has 0 radical (unpaired) electrons. The number of benzene rings is 1. The van der Waals surface area contributed by atoms with Crippen molar-refractivity contribution in [2.24, 2.45) is 0 Å². The van der Waals surface area contributed by atoms with Crippen LogP contribution in [0.2, 0.25) is 0 Å². The molecule has 0 aromatic heterocycles. The van der Waals surface area contributed by atoms with Crippen molar-refractivity contribution in [1.29, 1.82) is 0 Å². The molecule has 0 spiro atoms. The number of carbonyl (C=O) groups is 1. The first-order valence-corrected chi connectivity index (χ1v) is 7.70. The van der Waals surface area contributed by atoms with E-state index in [-0.39, 0.29) is 12.6 Å². The van der Waals surface area contributed by atoms with E-state index in [9.17, 15) is 13.6 Å². The molecule has 0 unspecified atom stereocenters. The quantitative estimate of drug-likeness (QED) is 0.746. The van der Waals surface area contributed by atoms with Crippen molar-refractivity contribution in [3.05, 3.63) is 27.7 Å². The fourth-order valence-electron chi connectivity index (χ4n) is 2.70. The van der Waals surface area contributed by atoms with Crippen LogP contribution in [0, 0.1) is 6.92 Å². The number of aldehydes is 1. The third-order valence-electron chi connectivity index (χ3n) is 3.79. The van der Waals surface area contributed by atoms with Crippen LogP contribution >= 0.6 is 15.9 Å². The van der Waals surface area contributed by atoms with Gasteiger partial charge < -0.3 is 9.64 Å². The molecule has 1 aliphatic rings. The maximum absolute atomic E-state index is 13.0. The van der Waals surface area contributed by atoms with Crippen molar-refractivity contribution in [3.8, 4) is 0 Å². The fourth-order valence-corrected chi connectivity index (χ4v) is 3.16. The molecule has 1 fully saturated rings. The minimum absolute atomic E-state index is 0.0141. The van der Waals surface area contributed by atoms with Gasteiger partial charge in [-0.25, -0.2) is 8.78 Å². The van der Waals surface area contributed by atoms with Gasteiger partial charge in [-0.05, 0) is 37.5 Å². The molecule has 0 bridgehead atoms. The summed E-state index contributed by atoms with van der Waals surface area (Å²) in [6, 6.07) is 3.52. The molecule has 6 heteroatoms. The minimum atomic E-state index is -2.43. The lowest BCUT2D eigenvalue weighted by atomic mass is 10.0. The van der Waals surface area contributed by atoms with Crippen LogP contribution in [0.5, 0.6) is 0 Å². The molecule has 0 saturated carbocycles. The SMILES string of the molecule is Cc1c(C=O)cc(Br)cc1N(CC(F)F)C1CCOCC1. The summed E-state index contributed by atoms with van der Waals surface area (Å²) in [7, 11) is 0. The number of ether oxygens (including phenoxy) is 1. The van der Waals surface area contributed by atoms with Gasteiger partial charge in [-0.3, -0.25) is 4.79 Å². The summed E-state index contributed by atoms with van der Waals surface area (Å²) in [5, 5.41) is 0. The van der Waals surface area contributed by atoms with E-state index in [1.807, 2.05) is 0 Å². The number of halogens is 3. The van der Waals surface area contributed by atoms with Gasteiger partial charge in [-0.1, -0.05) is 15.9 Å². The molecule has 0 atom stereocenters. The highest BCUT2D eigenvalue weighted by Crippen LogP contribution is 2.31. The van der Waals surface area contributed by atoms with E-state index in [1.54, 1.807) is 24.0 Å². The van der Waals surface area contributed by atoms with E-state index in [4.69, 9.17) is 4.74 Å². The largest absolute Gasteiger partial charge is 0.381 e. The molecule has 116 valence electrons. The van der Waals surface area contributed by atoms with Crippen LogP contribution in [0.4, 0.5) is 14.5 Å². The summed E-state index contributed by atoms with van der Waals surface area (Å²) in [5.41, 5.74) is 1.95. The standard InChI is InChI=1S/C15H18BrF2NO2/c1-10-11(9-20)6-12(16)7-14(10)19(8-15(17)18)13-2-4-21-5-3-13/h6-7,9,13,15H,2-5,8H2,1H3. The van der Waals surface area contributed by atoms with Crippen molar-refractivity contribution in [2.45, 2.75) is 32.2 Å². The minimum Gasteiger partial charge on any atom is -0.381 e. The summed E-state index contributed by atoms with van der Waals surface area (Å²) in [5.74, 6) is 0. The van der Waals surface area contributed by atoms with Gasteiger partial charge in [0, 0.05) is 35.0 Å². The van der Waals surface area contributed by atoms with Gasteiger partial charge in [0.05, 0.1) is 6.54 Å². The van der Waals surface area contributed by atoms with Crippen LogP contribution in [0.1, 0.15) is 28.8 Å². The third-order valence-corrected chi connectivity index (χ3v) is 4.25. The molecule has 1 heterocycles. The Morgan fingerprint density at radius 1 is 1.43 bits per heavy atom. The second-order valence-electron chi connectivity index (χ2n) is 5.14. The van der Waals surface area contributed by atoms with Crippen molar-refractivity contribution in [3.63, 3.8) is 0 Å². The Hall–Kier alpha value is -1.01. The van der Waals surface area contributed by atoms with Gasteiger partial charge in [0.25, 0.3) is 6.43 Å². The zero-order valence-electron chi connectivity index (χ0n) is 11.8. The number of rotatable bonds is 5. The average molecular weight is 362 g/mol. The predicted octanol–water partition coefficient (Wildman–Crippen LogP) is 3.82. The molecule has 1 aromatic rings. The Labute approximate surface area is 131 Å². The normalized spacial score (nSPS) is 16.2. The van der Waals surface area contributed by atoms with Crippen LogP contribution in [0.3, 0.4) is 0 Å². The van der Waals surface area contributed by atoms with Gasteiger partial charge in [0.1, 0.15) is 6.29 Å². The molecule has 1 aliphatic heterocycles. The zero-order chi connectivity index (χ0) is 15.4. The summed E-state index contributed by atoms with van der Waals surface area (Å²) >= 11 is 3.35. The predicted molar refractivity (Wildman–Crippen MR) is 81.5 cm³/mol. The van der Waals surface area contributed by atoms with Crippen molar-refractivity contribution >= 4 is 27.9 Å². The molecule has 0 amide bonds. The smallest absolute Gasteiger partial charge is 0.255 e. The van der Waals surface area contributed by atoms with Gasteiger partial charge >= 0.3 is 0 Å². The molecular formula is C15H18BrF2NO2. The first-order valence-electron chi connectivity index (χ1n) is 6.90. The highest BCUT2D eigenvalue weighted by Gasteiger charge is 2.26. The van der Waals surface area contributed by atoms with E-state index in [2.05, 4.69) is 15.9 Å². The second-order valence-corrected chi connectivity index (χ2v) is 6.06. The van der Waals surface area contributed by atoms with Gasteiger partial charge in [-0.2, -0.15) is 0 Å². The lowest BCUT2D eigenvalue weighted by molar-refractivity contribution is 0.0787. The molecule has 3 nitrogen and oxygen atoms in total. The highest BCUT2D eigenvalue weighted by atomic mass is 79.9. The number of alkyl halides is 2. The van der Waals surface area contributed by atoms with E-state index < -0.39 is 6.43 Å².